The molecule has 11 heteroatoms. The fraction of sp³-hybridized carbons (Fsp3) is 0.350. The molecular weight excluding hydrogens is 450 g/mol. The maximum atomic E-state index is 13.5. The molecule has 7 nitrogen and oxygen atoms in total. The number of nitrogens with zero attached hydrogens (tertiary/aromatic N) is 1. The smallest absolute Gasteiger partial charge is 0.232 e. The molecule has 0 saturated heterocycles. The molecule has 0 aliphatic rings. The van der Waals surface area contributed by atoms with Gasteiger partial charge in [0.1, 0.15) is 0 Å². The average Bonchev–Trinajstić information content (AvgIpc) is 2.66. The number of amides is 1. The largest absolute Gasteiger partial charge is 0.350 e. The normalized spacial score (nSPS) is 12.9. The summed E-state index contributed by atoms with van der Waals surface area (Å²) in [4.78, 5) is 12.4. The van der Waals surface area contributed by atoms with Gasteiger partial charge in [-0.2, -0.15) is 0 Å². The van der Waals surface area contributed by atoms with Gasteiger partial charge >= 0.3 is 0 Å². The zero-order valence-corrected chi connectivity index (χ0v) is 18.9. The molecule has 170 valence electrons. The average molecular weight is 475 g/mol. The van der Waals surface area contributed by atoms with Gasteiger partial charge in [0, 0.05) is 25.3 Å². The Hall–Kier alpha value is -2.53. The lowest BCUT2D eigenvalue weighted by Gasteiger charge is -2.22. The molecule has 0 aromatic heterocycles. The van der Waals surface area contributed by atoms with Crippen molar-refractivity contribution in [3.05, 3.63) is 59.7 Å². The Morgan fingerprint density at radius 1 is 1.00 bits per heavy atom. The Balaban J connectivity index is 1.96. The van der Waals surface area contributed by atoms with E-state index in [-0.39, 0.29) is 35.9 Å². The molecule has 2 rings (SSSR count). The number of halogens is 2. The molecule has 2 aromatic rings. The second kappa shape index (κ2) is 9.73. The summed E-state index contributed by atoms with van der Waals surface area (Å²) in [5.41, 5.74) is 0.682. The lowest BCUT2D eigenvalue weighted by Crippen LogP contribution is -2.32. The van der Waals surface area contributed by atoms with E-state index >= 15 is 0 Å². The lowest BCUT2D eigenvalue weighted by atomic mass is 10.1. The van der Waals surface area contributed by atoms with Crippen LogP contribution >= 0.6 is 0 Å². The molecule has 0 radical (unpaired) electrons. The van der Waals surface area contributed by atoms with Crippen LogP contribution in [-0.4, -0.2) is 41.8 Å². The summed E-state index contributed by atoms with van der Waals surface area (Å²) in [5, 5.41) is 2.76. The Morgan fingerprint density at radius 3 is 2.13 bits per heavy atom. The molecule has 0 bridgehead atoms. The van der Waals surface area contributed by atoms with E-state index in [9.17, 15) is 30.4 Å². The van der Waals surface area contributed by atoms with Crippen LogP contribution in [-0.2, 0) is 24.7 Å². The third kappa shape index (κ3) is 7.00. The number of benzene rings is 2. The standard InChI is InChI=1S/C20H24F2N2O5S2/c1-14(15-6-9-17(10-7-15)30(2,26)27)23-20(25)5-4-12-24(31(3,28)29)16-8-11-18(21)19(22)13-16/h6-11,13-14H,4-5,12H2,1-3H3,(H,23,25)/t14-/m0/s1. The van der Waals surface area contributed by atoms with Crippen molar-refractivity contribution < 1.29 is 30.4 Å². The van der Waals surface area contributed by atoms with Crippen LogP contribution in [0.2, 0.25) is 0 Å². The van der Waals surface area contributed by atoms with Crippen LogP contribution in [0.1, 0.15) is 31.4 Å². The summed E-state index contributed by atoms with van der Waals surface area (Å²) >= 11 is 0. The molecular formula is C20H24F2N2O5S2. The van der Waals surface area contributed by atoms with E-state index in [1.807, 2.05) is 0 Å². The van der Waals surface area contributed by atoms with E-state index in [2.05, 4.69) is 5.32 Å². The third-order valence-corrected chi connectivity index (χ3v) is 6.86. The van der Waals surface area contributed by atoms with Gasteiger partial charge in [0.2, 0.25) is 15.9 Å². The summed E-state index contributed by atoms with van der Waals surface area (Å²) in [6, 6.07) is 8.52. The fourth-order valence-electron chi connectivity index (χ4n) is 2.91. The first-order valence-corrected chi connectivity index (χ1v) is 13.0. The maximum Gasteiger partial charge on any atom is 0.232 e. The second-order valence-electron chi connectivity index (χ2n) is 7.17. The summed E-state index contributed by atoms with van der Waals surface area (Å²) in [6.07, 6.45) is 2.20. The van der Waals surface area contributed by atoms with Crippen LogP contribution < -0.4 is 9.62 Å². The molecule has 0 unspecified atom stereocenters. The molecule has 0 saturated carbocycles. The van der Waals surface area contributed by atoms with Gasteiger partial charge < -0.3 is 5.32 Å². The fourth-order valence-corrected chi connectivity index (χ4v) is 4.50. The summed E-state index contributed by atoms with van der Waals surface area (Å²) in [7, 11) is -7.08. The van der Waals surface area contributed by atoms with Crippen LogP contribution in [0.5, 0.6) is 0 Å². The Labute approximate surface area is 181 Å². The van der Waals surface area contributed by atoms with Gasteiger partial charge in [-0.05, 0) is 43.2 Å². The molecule has 31 heavy (non-hydrogen) atoms. The number of carbonyl (C=O) groups is 1. The van der Waals surface area contributed by atoms with Gasteiger partial charge in [-0.15, -0.1) is 0 Å². The van der Waals surface area contributed by atoms with Gasteiger partial charge in [-0.25, -0.2) is 25.6 Å². The highest BCUT2D eigenvalue weighted by Crippen LogP contribution is 2.21. The van der Waals surface area contributed by atoms with Gasteiger partial charge in [0.15, 0.2) is 21.5 Å². The van der Waals surface area contributed by atoms with Gasteiger partial charge in [-0.3, -0.25) is 9.10 Å². The predicted molar refractivity (Wildman–Crippen MR) is 114 cm³/mol. The molecule has 1 amide bonds. The van der Waals surface area contributed by atoms with Crippen molar-refractivity contribution in [1.29, 1.82) is 0 Å². The topological polar surface area (TPSA) is 101 Å². The van der Waals surface area contributed by atoms with E-state index < -0.39 is 37.5 Å². The van der Waals surface area contributed by atoms with E-state index in [4.69, 9.17) is 0 Å². The number of rotatable bonds is 9. The zero-order chi connectivity index (χ0) is 23.4. The first kappa shape index (κ1) is 24.7. The maximum absolute atomic E-state index is 13.5. The first-order valence-electron chi connectivity index (χ1n) is 9.31. The number of anilines is 1. The number of hydrogen-bond acceptors (Lipinski definition) is 5. The van der Waals surface area contributed by atoms with Crippen molar-refractivity contribution in [1.82, 2.24) is 5.32 Å². The van der Waals surface area contributed by atoms with Gasteiger partial charge in [0.25, 0.3) is 0 Å². The van der Waals surface area contributed by atoms with Crippen molar-refractivity contribution in [3.8, 4) is 0 Å². The van der Waals surface area contributed by atoms with E-state index in [0.717, 1.165) is 35.0 Å². The van der Waals surface area contributed by atoms with Crippen molar-refractivity contribution in [2.24, 2.45) is 0 Å². The number of hydrogen-bond donors (Lipinski definition) is 1. The molecule has 0 fully saturated rings. The molecule has 0 spiro atoms. The number of carbonyl (C=O) groups excluding carboxylic acids is 1. The monoisotopic (exact) mass is 474 g/mol. The molecule has 1 atom stereocenters. The first-order chi connectivity index (χ1) is 14.3. The summed E-state index contributed by atoms with van der Waals surface area (Å²) < 4.78 is 74.6. The second-order valence-corrected chi connectivity index (χ2v) is 11.1. The SMILES string of the molecule is C[C@H](NC(=O)CCCN(c1ccc(F)c(F)c1)S(C)(=O)=O)c1ccc(S(C)(=O)=O)cc1. The van der Waals surface area contributed by atoms with Gasteiger partial charge in [-0.1, -0.05) is 12.1 Å². The Morgan fingerprint density at radius 2 is 1.61 bits per heavy atom. The highest BCUT2D eigenvalue weighted by molar-refractivity contribution is 7.92. The van der Waals surface area contributed by atoms with Crippen LogP contribution in [0.25, 0.3) is 0 Å². The highest BCUT2D eigenvalue weighted by Gasteiger charge is 2.19. The van der Waals surface area contributed by atoms with Crippen LogP contribution in [0.4, 0.5) is 14.5 Å². The number of sulfonamides is 1. The number of nitrogens with one attached hydrogen (secondary N) is 1. The van der Waals surface area contributed by atoms with Crippen LogP contribution in [0, 0.1) is 11.6 Å². The number of sulfone groups is 1. The van der Waals surface area contributed by atoms with Crippen LogP contribution in [0.3, 0.4) is 0 Å². The predicted octanol–water partition coefficient (Wildman–Crippen LogP) is 2.79. The van der Waals surface area contributed by atoms with Gasteiger partial charge in [0.05, 0.1) is 22.9 Å². The Bertz CT molecular complexity index is 1150. The van der Waals surface area contributed by atoms with E-state index in [0.29, 0.717) is 5.56 Å². The third-order valence-electron chi connectivity index (χ3n) is 4.54. The van der Waals surface area contributed by atoms with Crippen molar-refractivity contribution in [2.75, 3.05) is 23.4 Å². The van der Waals surface area contributed by atoms with Crippen molar-refractivity contribution >= 4 is 31.5 Å². The minimum absolute atomic E-state index is 0.00145. The minimum Gasteiger partial charge on any atom is -0.350 e. The van der Waals surface area contributed by atoms with Crippen molar-refractivity contribution in [3.63, 3.8) is 0 Å². The zero-order valence-electron chi connectivity index (χ0n) is 17.3. The summed E-state index contributed by atoms with van der Waals surface area (Å²) in [6.45, 7) is 1.65. The molecule has 0 aliphatic carbocycles. The molecule has 2 aromatic carbocycles. The highest BCUT2D eigenvalue weighted by atomic mass is 32.2. The summed E-state index contributed by atoms with van der Waals surface area (Å²) in [5.74, 6) is -2.59. The molecule has 1 N–H and O–H groups in total. The van der Waals surface area contributed by atoms with Crippen molar-refractivity contribution in [2.45, 2.75) is 30.7 Å². The molecule has 0 aliphatic heterocycles. The lowest BCUT2D eigenvalue weighted by molar-refractivity contribution is -0.121. The molecule has 0 heterocycles. The van der Waals surface area contributed by atoms with E-state index in [1.165, 1.54) is 12.1 Å². The van der Waals surface area contributed by atoms with E-state index in [1.54, 1.807) is 19.1 Å². The van der Waals surface area contributed by atoms with Crippen LogP contribution in [0.15, 0.2) is 47.4 Å². The quantitative estimate of drug-likeness (QED) is 0.602. The minimum atomic E-state index is -3.76. The Kier molecular flexibility index (Phi) is 7.77.